The molecule has 94 valence electrons. The number of halogens is 1. The maximum Gasteiger partial charge on any atom is 0.214 e. The van der Waals surface area contributed by atoms with Gasteiger partial charge >= 0.3 is 0 Å². The summed E-state index contributed by atoms with van der Waals surface area (Å²) in [7, 11) is 0. The molecule has 0 spiro atoms. The van der Waals surface area contributed by atoms with E-state index in [-0.39, 0.29) is 0 Å². The number of rotatable bonds is 3. The molecule has 0 amide bonds. The van der Waals surface area contributed by atoms with Crippen LogP contribution in [0.4, 0.5) is 5.69 Å². The molecule has 0 N–H and O–H groups in total. The summed E-state index contributed by atoms with van der Waals surface area (Å²) < 4.78 is 5.75. The van der Waals surface area contributed by atoms with Crippen LogP contribution in [0.1, 0.15) is 26.7 Å². The lowest BCUT2D eigenvalue weighted by Crippen LogP contribution is -2.22. The molecule has 0 radical (unpaired) electrons. The molecule has 0 atom stereocenters. The molecular formula is C14H15ClN2O. The van der Waals surface area contributed by atoms with Crippen molar-refractivity contribution < 1.29 is 4.74 Å². The predicted octanol–water partition coefficient (Wildman–Crippen LogP) is 4.09. The average Bonchev–Trinajstić information content (AvgIpc) is 2.73. The zero-order chi connectivity index (χ0) is 13.1. The summed E-state index contributed by atoms with van der Waals surface area (Å²) in [6, 6.07) is 7.70. The smallest absolute Gasteiger partial charge is 0.214 e. The van der Waals surface area contributed by atoms with Gasteiger partial charge in [0.15, 0.2) is 5.75 Å². The van der Waals surface area contributed by atoms with Crippen LogP contribution in [0, 0.1) is 11.3 Å². The van der Waals surface area contributed by atoms with Gasteiger partial charge in [0.1, 0.15) is 0 Å². The lowest BCUT2D eigenvalue weighted by molar-refractivity contribution is 0.432. The summed E-state index contributed by atoms with van der Waals surface area (Å²) in [5.41, 5.74) is 1.57. The molecule has 1 aliphatic rings. The second-order valence-electron chi connectivity index (χ2n) is 4.26. The molecule has 4 heteroatoms. The minimum atomic E-state index is 0.582. The standard InChI is InChI=1S/C14H15ClN2O/c1-3-4-7-17-12-6-5-11(15)8-13(12)18-14(17)10(2)9-16/h5-6,8H,3-4,7H2,1-2H3/b14-10+. The Kier molecular flexibility index (Phi) is 3.78. The predicted molar refractivity (Wildman–Crippen MR) is 72.6 cm³/mol. The Hall–Kier alpha value is -1.66. The highest BCUT2D eigenvalue weighted by Gasteiger charge is 2.27. The van der Waals surface area contributed by atoms with Crippen molar-refractivity contribution in [3.63, 3.8) is 0 Å². The van der Waals surface area contributed by atoms with E-state index in [1.165, 1.54) is 0 Å². The highest BCUT2D eigenvalue weighted by Crippen LogP contribution is 2.41. The molecule has 0 aromatic heterocycles. The summed E-state index contributed by atoms with van der Waals surface area (Å²) >= 11 is 5.96. The maximum absolute atomic E-state index is 9.03. The van der Waals surface area contributed by atoms with Gasteiger partial charge < -0.3 is 9.64 Å². The Bertz CT molecular complexity index is 531. The second kappa shape index (κ2) is 5.32. The van der Waals surface area contributed by atoms with E-state index in [1.807, 2.05) is 17.0 Å². The number of unbranched alkanes of at least 4 members (excludes halogenated alkanes) is 1. The highest BCUT2D eigenvalue weighted by molar-refractivity contribution is 6.30. The molecule has 1 aromatic rings. The topological polar surface area (TPSA) is 36.3 Å². The van der Waals surface area contributed by atoms with Crippen LogP contribution in [0.15, 0.2) is 29.7 Å². The number of anilines is 1. The molecule has 3 nitrogen and oxygen atoms in total. The summed E-state index contributed by atoms with van der Waals surface area (Å²) in [5.74, 6) is 1.35. The van der Waals surface area contributed by atoms with Gasteiger partial charge in [0.2, 0.25) is 5.88 Å². The average molecular weight is 263 g/mol. The first-order chi connectivity index (χ1) is 8.67. The Morgan fingerprint density at radius 1 is 1.50 bits per heavy atom. The van der Waals surface area contributed by atoms with Crippen LogP contribution in [0.5, 0.6) is 5.75 Å². The van der Waals surface area contributed by atoms with E-state index < -0.39 is 0 Å². The SMILES string of the molecule is CCCCN1/C(=C(/C)C#N)Oc2cc(Cl)ccc21. The number of hydrogen-bond acceptors (Lipinski definition) is 3. The summed E-state index contributed by atoms with van der Waals surface area (Å²) in [4.78, 5) is 2.05. The molecule has 1 aliphatic heterocycles. The van der Waals surface area contributed by atoms with E-state index in [1.54, 1.807) is 13.0 Å². The van der Waals surface area contributed by atoms with Crippen molar-refractivity contribution in [1.29, 1.82) is 5.26 Å². The molecule has 1 heterocycles. The molecule has 0 aliphatic carbocycles. The lowest BCUT2D eigenvalue weighted by atomic mass is 10.2. The molecule has 1 aromatic carbocycles. The molecule has 0 unspecified atom stereocenters. The minimum Gasteiger partial charge on any atom is -0.438 e. The molecule has 2 rings (SSSR count). The van der Waals surface area contributed by atoms with Crippen LogP contribution in [0.2, 0.25) is 5.02 Å². The normalized spacial score (nSPS) is 16.0. The Morgan fingerprint density at radius 2 is 2.28 bits per heavy atom. The quantitative estimate of drug-likeness (QED) is 0.770. The van der Waals surface area contributed by atoms with Gasteiger partial charge in [0.05, 0.1) is 17.3 Å². The highest BCUT2D eigenvalue weighted by atomic mass is 35.5. The molecule has 0 fully saturated rings. The van der Waals surface area contributed by atoms with E-state index in [0.29, 0.717) is 16.5 Å². The number of nitrogens with zero attached hydrogens (tertiary/aromatic N) is 2. The molecular weight excluding hydrogens is 248 g/mol. The third-order valence-corrected chi connectivity index (χ3v) is 3.12. The first-order valence-corrected chi connectivity index (χ1v) is 6.41. The second-order valence-corrected chi connectivity index (χ2v) is 4.70. The number of allylic oxidation sites excluding steroid dienone is 1. The van der Waals surface area contributed by atoms with Crippen molar-refractivity contribution in [3.8, 4) is 11.8 Å². The molecule has 18 heavy (non-hydrogen) atoms. The lowest BCUT2D eigenvalue weighted by Gasteiger charge is -2.18. The third-order valence-electron chi connectivity index (χ3n) is 2.89. The van der Waals surface area contributed by atoms with Crippen LogP contribution >= 0.6 is 11.6 Å². The van der Waals surface area contributed by atoms with Gasteiger partial charge in [-0.3, -0.25) is 0 Å². The fourth-order valence-corrected chi connectivity index (χ4v) is 2.09. The van der Waals surface area contributed by atoms with E-state index in [9.17, 15) is 0 Å². The van der Waals surface area contributed by atoms with Crippen molar-refractivity contribution in [3.05, 3.63) is 34.7 Å². The van der Waals surface area contributed by atoms with Crippen molar-refractivity contribution in [1.82, 2.24) is 0 Å². The zero-order valence-corrected chi connectivity index (χ0v) is 11.3. The van der Waals surface area contributed by atoms with Gasteiger partial charge in [0, 0.05) is 17.6 Å². The van der Waals surface area contributed by atoms with E-state index >= 15 is 0 Å². The zero-order valence-electron chi connectivity index (χ0n) is 10.5. The molecule has 0 bridgehead atoms. The van der Waals surface area contributed by atoms with Crippen LogP contribution in [-0.2, 0) is 0 Å². The van der Waals surface area contributed by atoms with Gasteiger partial charge in [-0.1, -0.05) is 24.9 Å². The largest absolute Gasteiger partial charge is 0.438 e. The third kappa shape index (κ3) is 2.30. The number of ether oxygens (including phenoxy) is 1. The Labute approximate surface area is 112 Å². The van der Waals surface area contributed by atoms with Crippen LogP contribution in [0.3, 0.4) is 0 Å². The number of hydrogen-bond donors (Lipinski definition) is 0. The van der Waals surface area contributed by atoms with Crippen molar-refractivity contribution >= 4 is 17.3 Å². The van der Waals surface area contributed by atoms with E-state index in [0.717, 1.165) is 30.8 Å². The van der Waals surface area contributed by atoms with E-state index in [2.05, 4.69) is 13.0 Å². The van der Waals surface area contributed by atoms with Gasteiger partial charge in [-0.25, -0.2) is 0 Å². The summed E-state index contributed by atoms with van der Waals surface area (Å²) in [6.45, 7) is 4.75. The van der Waals surface area contributed by atoms with Gasteiger partial charge in [-0.05, 0) is 25.5 Å². The van der Waals surface area contributed by atoms with Crippen LogP contribution in [0.25, 0.3) is 0 Å². The van der Waals surface area contributed by atoms with Crippen molar-refractivity contribution in [2.45, 2.75) is 26.7 Å². The van der Waals surface area contributed by atoms with Gasteiger partial charge in [0.25, 0.3) is 0 Å². The molecule has 0 saturated heterocycles. The first kappa shape index (κ1) is 12.8. The van der Waals surface area contributed by atoms with Crippen LogP contribution in [-0.4, -0.2) is 6.54 Å². The van der Waals surface area contributed by atoms with Crippen molar-refractivity contribution in [2.24, 2.45) is 0 Å². The summed E-state index contributed by atoms with van der Waals surface area (Å²) in [5, 5.41) is 9.67. The number of fused-ring (bicyclic) bond motifs is 1. The number of benzene rings is 1. The fourth-order valence-electron chi connectivity index (χ4n) is 1.93. The first-order valence-electron chi connectivity index (χ1n) is 6.03. The van der Waals surface area contributed by atoms with Crippen molar-refractivity contribution in [2.75, 3.05) is 11.4 Å². The van der Waals surface area contributed by atoms with Gasteiger partial charge in [-0.15, -0.1) is 0 Å². The number of nitriles is 1. The minimum absolute atomic E-state index is 0.582. The van der Waals surface area contributed by atoms with E-state index in [4.69, 9.17) is 21.6 Å². The Balaban J connectivity index is 2.41. The fraction of sp³-hybridized carbons (Fsp3) is 0.357. The summed E-state index contributed by atoms with van der Waals surface area (Å²) in [6.07, 6.45) is 2.14. The van der Waals surface area contributed by atoms with Gasteiger partial charge in [-0.2, -0.15) is 5.26 Å². The monoisotopic (exact) mass is 262 g/mol. The maximum atomic E-state index is 9.03. The molecule has 0 saturated carbocycles. The van der Waals surface area contributed by atoms with Crippen LogP contribution < -0.4 is 9.64 Å². The Morgan fingerprint density at radius 3 is 2.94 bits per heavy atom.